The van der Waals surface area contributed by atoms with Gasteiger partial charge in [-0.2, -0.15) is 0 Å². The number of ether oxygens (including phenoxy) is 1. The molecule has 0 atom stereocenters. The molecule has 2 aliphatic rings. The topological polar surface area (TPSA) is 21.3 Å². The first-order valence-corrected chi connectivity index (χ1v) is 6.17. The van der Waals surface area contributed by atoms with Crippen molar-refractivity contribution in [2.24, 2.45) is 0 Å². The van der Waals surface area contributed by atoms with E-state index < -0.39 is 0 Å². The molecule has 2 nitrogen and oxygen atoms in total. The molecule has 86 valence electrons. The van der Waals surface area contributed by atoms with E-state index in [4.69, 9.17) is 4.74 Å². The van der Waals surface area contributed by atoms with Crippen LogP contribution in [0.15, 0.2) is 24.3 Å². The second kappa shape index (κ2) is 3.86. The minimum absolute atomic E-state index is 0.246. The second-order valence-corrected chi connectivity index (χ2v) is 5.29. The van der Waals surface area contributed by atoms with E-state index in [0.717, 1.165) is 25.8 Å². The van der Waals surface area contributed by atoms with E-state index in [2.05, 4.69) is 36.5 Å². The Hall–Kier alpha value is -0.860. The van der Waals surface area contributed by atoms with Crippen LogP contribution in [0.5, 0.6) is 0 Å². The summed E-state index contributed by atoms with van der Waals surface area (Å²) in [5.41, 5.74) is 3.00. The Morgan fingerprint density at radius 3 is 2.44 bits per heavy atom. The van der Waals surface area contributed by atoms with Gasteiger partial charge in [0.25, 0.3) is 0 Å². The van der Waals surface area contributed by atoms with E-state index in [-0.39, 0.29) is 5.41 Å². The third-order valence-electron chi connectivity index (χ3n) is 3.73. The fraction of sp³-hybridized carbons (Fsp3) is 0.571. The van der Waals surface area contributed by atoms with E-state index >= 15 is 0 Å². The van der Waals surface area contributed by atoms with Crippen LogP contribution in [0.3, 0.4) is 0 Å². The van der Waals surface area contributed by atoms with Crippen molar-refractivity contribution >= 4 is 0 Å². The molecule has 2 heteroatoms. The van der Waals surface area contributed by atoms with Gasteiger partial charge in [-0.25, -0.2) is 0 Å². The van der Waals surface area contributed by atoms with E-state index in [1.165, 1.54) is 24.0 Å². The van der Waals surface area contributed by atoms with E-state index in [9.17, 15) is 0 Å². The lowest BCUT2D eigenvalue weighted by atomic mass is 9.78. The van der Waals surface area contributed by atoms with E-state index in [0.29, 0.717) is 0 Å². The summed E-state index contributed by atoms with van der Waals surface area (Å²) < 4.78 is 5.44. The molecule has 2 fully saturated rings. The molecular formula is C14H19NO. The molecule has 0 aromatic heterocycles. The van der Waals surface area contributed by atoms with Crippen LogP contribution < -0.4 is 5.32 Å². The largest absolute Gasteiger partial charge is 0.379 e. The molecule has 1 N–H and O–H groups in total. The molecule has 0 amide bonds. The maximum Gasteiger partial charge on any atom is 0.0598 e. The first kappa shape index (κ1) is 10.3. The maximum absolute atomic E-state index is 5.44. The van der Waals surface area contributed by atoms with Crippen molar-refractivity contribution in [1.82, 2.24) is 5.32 Å². The van der Waals surface area contributed by atoms with Gasteiger partial charge < -0.3 is 10.1 Å². The van der Waals surface area contributed by atoms with Gasteiger partial charge in [0.05, 0.1) is 18.6 Å². The lowest BCUT2D eigenvalue weighted by molar-refractivity contribution is -0.0591. The Labute approximate surface area is 97.0 Å². The summed E-state index contributed by atoms with van der Waals surface area (Å²) in [6.07, 6.45) is 2.70. The SMILES string of the molecule is Cc1ccc(C2(CNC3CC3)COC2)cc1. The van der Waals surface area contributed by atoms with Gasteiger partial charge in [0.1, 0.15) is 0 Å². The summed E-state index contributed by atoms with van der Waals surface area (Å²) in [6.45, 7) is 4.95. The van der Waals surface area contributed by atoms with Crippen LogP contribution in [0.1, 0.15) is 24.0 Å². The lowest BCUT2D eigenvalue weighted by Gasteiger charge is -2.42. The maximum atomic E-state index is 5.44. The summed E-state index contributed by atoms with van der Waals surface area (Å²) in [7, 11) is 0. The van der Waals surface area contributed by atoms with Crippen LogP contribution in [0.2, 0.25) is 0 Å². The van der Waals surface area contributed by atoms with Crippen LogP contribution in [0, 0.1) is 6.92 Å². The van der Waals surface area contributed by atoms with Gasteiger partial charge in [-0.3, -0.25) is 0 Å². The van der Waals surface area contributed by atoms with Gasteiger partial charge in [-0.05, 0) is 25.3 Å². The lowest BCUT2D eigenvalue weighted by Crippen LogP contribution is -2.53. The molecule has 1 saturated heterocycles. The number of benzene rings is 1. The number of aryl methyl sites for hydroxylation is 1. The zero-order valence-corrected chi connectivity index (χ0v) is 9.83. The number of rotatable bonds is 4. The highest BCUT2D eigenvalue weighted by Gasteiger charge is 2.41. The van der Waals surface area contributed by atoms with Crippen molar-refractivity contribution in [2.75, 3.05) is 19.8 Å². The van der Waals surface area contributed by atoms with Crippen molar-refractivity contribution in [1.29, 1.82) is 0 Å². The average molecular weight is 217 g/mol. The minimum atomic E-state index is 0.246. The van der Waals surface area contributed by atoms with Crippen LogP contribution in [-0.2, 0) is 10.2 Å². The Morgan fingerprint density at radius 1 is 1.25 bits per heavy atom. The van der Waals surface area contributed by atoms with Gasteiger partial charge in [0.15, 0.2) is 0 Å². The molecular weight excluding hydrogens is 198 g/mol. The fourth-order valence-electron chi connectivity index (χ4n) is 2.25. The van der Waals surface area contributed by atoms with Gasteiger partial charge >= 0.3 is 0 Å². The molecule has 0 unspecified atom stereocenters. The summed E-state index contributed by atoms with van der Waals surface area (Å²) in [5, 5.41) is 3.63. The monoisotopic (exact) mass is 217 g/mol. The zero-order chi connectivity index (χ0) is 11.0. The number of nitrogens with one attached hydrogen (secondary N) is 1. The molecule has 0 radical (unpaired) electrons. The highest BCUT2D eigenvalue weighted by Crippen LogP contribution is 2.33. The molecule has 0 bridgehead atoms. The van der Waals surface area contributed by atoms with Crippen molar-refractivity contribution in [3.63, 3.8) is 0 Å². The molecule has 1 aliphatic carbocycles. The molecule has 1 heterocycles. The molecule has 3 rings (SSSR count). The van der Waals surface area contributed by atoms with Crippen LogP contribution in [-0.4, -0.2) is 25.8 Å². The quantitative estimate of drug-likeness (QED) is 0.833. The van der Waals surface area contributed by atoms with E-state index in [1.54, 1.807) is 0 Å². The Bertz CT molecular complexity index is 363. The molecule has 1 aromatic carbocycles. The van der Waals surface area contributed by atoms with E-state index in [1.807, 2.05) is 0 Å². The van der Waals surface area contributed by atoms with Gasteiger partial charge in [0.2, 0.25) is 0 Å². The first-order chi connectivity index (χ1) is 7.78. The Balaban J connectivity index is 1.74. The fourth-order valence-corrected chi connectivity index (χ4v) is 2.25. The van der Waals surface area contributed by atoms with Crippen molar-refractivity contribution in [3.8, 4) is 0 Å². The third-order valence-corrected chi connectivity index (χ3v) is 3.73. The van der Waals surface area contributed by atoms with Crippen molar-refractivity contribution in [3.05, 3.63) is 35.4 Å². The Morgan fingerprint density at radius 2 is 1.94 bits per heavy atom. The predicted octanol–water partition coefficient (Wildman–Crippen LogP) is 2.02. The molecule has 16 heavy (non-hydrogen) atoms. The average Bonchev–Trinajstić information content (AvgIpc) is 3.03. The standard InChI is InChI=1S/C14H19NO/c1-11-2-4-12(5-3-11)14(9-16-10-14)8-15-13-6-7-13/h2-5,13,15H,6-10H2,1H3. The van der Waals surface area contributed by atoms with Crippen molar-refractivity contribution in [2.45, 2.75) is 31.2 Å². The van der Waals surface area contributed by atoms with Gasteiger partial charge in [-0.1, -0.05) is 29.8 Å². The molecule has 1 saturated carbocycles. The smallest absolute Gasteiger partial charge is 0.0598 e. The van der Waals surface area contributed by atoms with Crippen LogP contribution >= 0.6 is 0 Å². The third kappa shape index (κ3) is 1.87. The number of hydrogen-bond donors (Lipinski definition) is 1. The summed E-state index contributed by atoms with van der Waals surface area (Å²) >= 11 is 0. The second-order valence-electron chi connectivity index (χ2n) is 5.29. The van der Waals surface area contributed by atoms with Crippen LogP contribution in [0.25, 0.3) is 0 Å². The summed E-state index contributed by atoms with van der Waals surface area (Å²) in [4.78, 5) is 0. The van der Waals surface area contributed by atoms with Crippen LogP contribution in [0.4, 0.5) is 0 Å². The Kier molecular flexibility index (Phi) is 2.49. The minimum Gasteiger partial charge on any atom is -0.379 e. The highest BCUT2D eigenvalue weighted by atomic mass is 16.5. The zero-order valence-electron chi connectivity index (χ0n) is 9.83. The normalized spacial score (nSPS) is 22.8. The first-order valence-electron chi connectivity index (χ1n) is 6.17. The molecule has 1 aromatic rings. The van der Waals surface area contributed by atoms with Gasteiger partial charge in [0, 0.05) is 12.6 Å². The highest BCUT2D eigenvalue weighted by molar-refractivity contribution is 5.31. The predicted molar refractivity (Wildman–Crippen MR) is 64.7 cm³/mol. The summed E-state index contributed by atoms with van der Waals surface area (Å²) in [6, 6.07) is 9.70. The van der Waals surface area contributed by atoms with Crippen molar-refractivity contribution < 1.29 is 4.74 Å². The molecule has 0 spiro atoms. The van der Waals surface area contributed by atoms with Gasteiger partial charge in [-0.15, -0.1) is 0 Å². The molecule has 1 aliphatic heterocycles. The number of hydrogen-bond acceptors (Lipinski definition) is 2. The summed E-state index contributed by atoms with van der Waals surface area (Å²) in [5.74, 6) is 0.